The van der Waals surface area contributed by atoms with E-state index in [1.807, 2.05) is 54.6 Å². The van der Waals surface area contributed by atoms with Crippen LogP contribution in [0.3, 0.4) is 0 Å². The average molecular weight is 572 g/mol. The smallest absolute Gasteiger partial charge is 0.414 e. The molecule has 1 atom stereocenters. The van der Waals surface area contributed by atoms with Gasteiger partial charge in [-0.3, -0.25) is 0 Å². The first-order valence-electron chi connectivity index (χ1n) is 13.2. The summed E-state index contributed by atoms with van der Waals surface area (Å²) in [5.41, 5.74) is 2.73. The number of aromatic nitrogens is 3. The Morgan fingerprint density at radius 1 is 0.762 bits per heavy atom. The summed E-state index contributed by atoms with van der Waals surface area (Å²) in [5, 5.41) is 19.3. The van der Waals surface area contributed by atoms with Crippen molar-refractivity contribution in [3.05, 3.63) is 95.6 Å². The van der Waals surface area contributed by atoms with Gasteiger partial charge in [-0.25, -0.2) is 9.59 Å². The number of hydrogen-bond acceptors (Lipinski definition) is 10. The minimum atomic E-state index is -1.08. The summed E-state index contributed by atoms with van der Waals surface area (Å²) in [6.45, 7) is 0.897. The molecule has 4 N–H and O–H groups in total. The number of aliphatic carboxylic acids is 1. The molecule has 1 heterocycles. The van der Waals surface area contributed by atoms with Crippen LogP contribution in [0.4, 0.5) is 22.6 Å². The van der Waals surface area contributed by atoms with Crippen LogP contribution in [-0.2, 0) is 24.3 Å². The second kappa shape index (κ2) is 14.3. The van der Waals surface area contributed by atoms with Gasteiger partial charge in [0.1, 0.15) is 17.5 Å². The minimum absolute atomic E-state index is 0.0988. The molecule has 12 nitrogen and oxygen atoms in total. The number of ether oxygens (including phenoxy) is 2. The maximum atomic E-state index is 12.2. The highest BCUT2D eigenvalue weighted by Gasteiger charge is 2.20. The van der Waals surface area contributed by atoms with Crippen LogP contribution < -0.4 is 25.4 Å². The molecule has 12 heteroatoms. The molecule has 1 aromatic heterocycles. The highest BCUT2D eigenvalue weighted by Crippen LogP contribution is 2.18. The third-order valence-corrected chi connectivity index (χ3v) is 6.07. The number of carboxylic acids is 1. The van der Waals surface area contributed by atoms with Gasteiger partial charge in [0.25, 0.3) is 0 Å². The van der Waals surface area contributed by atoms with E-state index in [0.29, 0.717) is 24.4 Å². The van der Waals surface area contributed by atoms with Crippen LogP contribution in [-0.4, -0.2) is 64.3 Å². The van der Waals surface area contributed by atoms with E-state index in [0.717, 1.165) is 16.9 Å². The molecule has 0 saturated carbocycles. The van der Waals surface area contributed by atoms with E-state index in [2.05, 4.69) is 30.9 Å². The van der Waals surface area contributed by atoms with Crippen LogP contribution in [0.2, 0.25) is 0 Å². The Bertz CT molecular complexity index is 1470. The van der Waals surface area contributed by atoms with Crippen molar-refractivity contribution in [1.82, 2.24) is 19.9 Å². The summed E-state index contributed by atoms with van der Waals surface area (Å²) < 4.78 is 10.5. The van der Waals surface area contributed by atoms with Gasteiger partial charge in [-0.1, -0.05) is 54.6 Å². The minimum Gasteiger partial charge on any atom is -0.497 e. The first-order chi connectivity index (χ1) is 20.3. The Kier molecular flexibility index (Phi) is 10.1. The zero-order valence-corrected chi connectivity index (χ0v) is 23.6. The number of benzene rings is 3. The van der Waals surface area contributed by atoms with Gasteiger partial charge in [-0.05, 0) is 41.0 Å². The number of anilines is 3. The van der Waals surface area contributed by atoms with Crippen molar-refractivity contribution in [3.63, 3.8) is 0 Å². The zero-order valence-electron chi connectivity index (χ0n) is 23.6. The van der Waals surface area contributed by atoms with Gasteiger partial charge < -0.3 is 35.4 Å². The van der Waals surface area contributed by atoms with E-state index >= 15 is 0 Å². The van der Waals surface area contributed by atoms with Gasteiger partial charge in [0, 0.05) is 33.6 Å². The second-order valence-corrected chi connectivity index (χ2v) is 9.49. The third kappa shape index (κ3) is 8.81. The van der Waals surface area contributed by atoms with E-state index in [1.165, 1.54) is 4.90 Å². The number of carbonyl (C=O) groups excluding carboxylic acids is 1. The molecule has 0 saturated heterocycles. The number of carbonyl (C=O) groups is 2. The molecule has 0 spiro atoms. The Morgan fingerprint density at radius 3 is 1.83 bits per heavy atom. The predicted molar refractivity (Wildman–Crippen MR) is 159 cm³/mol. The van der Waals surface area contributed by atoms with E-state index < -0.39 is 18.1 Å². The normalized spacial score (nSPS) is 11.2. The molecule has 0 unspecified atom stereocenters. The first kappa shape index (κ1) is 29.6. The number of methoxy groups -OCH3 is 1. The quantitative estimate of drug-likeness (QED) is 0.182. The van der Waals surface area contributed by atoms with E-state index in [1.54, 1.807) is 45.5 Å². The summed E-state index contributed by atoms with van der Waals surface area (Å²) in [5.74, 6) is 0.685. The maximum absolute atomic E-state index is 12.2. The molecule has 1 amide bonds. The fourth-order valence-corrected chi connectivity index (χ4v) is 3.78. The number of hydrogen-bond donors (Lipinski definition) is 4. The van der Waals surface area contributed by atoms with Crippen LogP contribution in [0.15, 0.2) is 78.9 Å². The van der Waals surface area contributed by atoms with Crippen LogP contribution in [0.25, 0.3) is 0 Å². The molecular formula is C30H33N7O5. The van der Waals surface area contributed by atoms with Gasteiger partial charge in [-0.15, -0.1) is 0 Å². The van der Waals surface area contributed by atoms with Gasteiger partial charge in [-0.2, -0.15) is 15.0 Å². The molecule has 0 aliphatic rings. The Balaban J connectivity index is 1.50. The molecule has 218 valence electrons. The summed E-state index contributed by atoms with van der Waals surface area (Å²) in [6, 6.07) is 22.9. The van der Waals surface area contributed by atoms with E-state index in [4.69, 9.17) is 9.47 Å². The second-order valence-electron chi connectivity index (χ2n) is 9.49. The number of rotatable bonds is 13. The number of nitrogens with zero attached hydrogens (tertiary/aromatic N) is 4. The van der Waals surface area contributed by atoms with Gasteiger partial charge in [0.2, 0.25) is 17.8 Å². The lowest BCUT2D eigenvalue weighted by atomic mass is 10.1. The third-order valence-electron chi connectivity index (χ3n) is 6.07. The zero-order chi connectivity index (χ0) is 29.9. The van der Waals surface area contributed by atoms with Crippen molar-refractivity contribution in [2.75, 3.05) is 37.2 Å². The molecule has 3 aromatic carbocycles. The molecule has 0 aliphatic heterocycles. The molecule has 0 radical (unpaired) electrons. The monoisotopic (exact) mass is 571 g/mol. The van der Waals surface area contributed by atoms with Crippen molar-refractivity contribution in [2.24, 2.45) is 0 Å². The van der Waals surface area contributed by atoms with Gasteiger partial charge in [0.05, 0.1) is 7.11 Å². The standard InChI is InChI=1S/C30H33N7O5/c1-37(2)30(40)42-24-15-9-20(10-16-24)17-25(26(38)39)33-29-35-27(31-18-21-7-5-4-6-8-21)34-28(36-29)32-19-22-11-13-23(41-3)14-12-22/h4-16,25H,17-19H2,1-3H3,(H,38,39)(H3,31,32,33,34,35,36)/t25-/m0/s1. The summed E-state index contributed by atoms with van der Waals surface area (Å²) >= 11 is 0. The predicted octanol–water partition coefficient (Wildman–Crippen LogP) is 4.27. The largest absolute Gasteiger partial charge is 0.497 e. The lowest BCUT2D eigenvalue weighted by Gasteiger charge is -2.17. The fourth-order valence-electron chi connectivity index (χ4n) is 3.78. The van der Waals surface area contributed by atoms with Crippen molar-refractivity contribution < 1.29 is 24.2 Å². The summed E-state index contributed by atoms with van der Waals surface area (Å²) in [7, 11) is 4.78. The lowest BCUT2D eigenvalue weighted by molar-refractivity contribution is -0.137. The fraction of sp³-hybridized carbons (Fsp3) is 0.233. The molecule has 42 heavy (non-hydrogen) atoms. The van der Waals surface area contributed by atoms with Crippen LogP contribution in [0.5, 0.6) is 11.5 Å². The van der Waals surface area contributed by atoms with Crippen LogP contribution >= 0.6 is 0 Å². The summed E-state index contributed by atoms with van der Waals surface area (Å²) in [4.78, 5) is 38.6. The average Bonchev–Trinajstić information content (AvgIpc) is 3.00. The van der Waals surface area contributed by atoms with Crippen molar-refractivity contribution in [3.8, 4) is 11.5 Å². The topological polar surface area (TPSA) is 151 Å². The maximum Gasteiger partial charge on any atom is 0.414 e. The first-order valence-corrected chi connectivity index (χ1v) is 13.2. The van der Waals surface area contributed by atoms with Crippen molar-refractivity contribution in [1.29, 1.82) is 0 Å². The van der Waals surface area contributed by atoms with E-state index in [9.17, 15) is 14.7 Å². The van der Waals surface area contributed by atoms with Crippen molar-refractivity contribution >= 4 is 29.9 Å². The van der Waals surface area contributed by atoms with E-state index in [-0.39, 0.29) is 24.3 Å². The molecule has 0 aliphatic carbocycles. The van der Waals surface area contributed by atoms with Crippen molar-refractivity contribution in [2.45, 2.75) is 25.6 Å². The van der Waals surface area contributed by atoms with Crippen LogP contribution in [0, 0.1) is 0 Å². The highest BCUT2D eigenvalue weighted by atomic mass is 16.6. The Labute approximate surface area is 243 Å². The number of nitrogens with one attached hydrogen (secondary N) is 3. The lowest BCUT2D eigenvalue weighted by Crippen LogP contribution is -2.32. The Morgan fingerprint density at radius 2 is 1.29 bits per heavy atom. The molecular weight excluding hydrogens is 538 g/mol. The summed E-state index contributed by atoms with van der Waals surface area (Å²) in [6.07, 6.45) is -0.375. The SMILES string of the molecule is COc1ccc(CNc2nc(NCc3ccccc3)nc(N[C@@H](Cc3ccc(OC(=O)N(C)C)cc3)C(=O)O)n2)cc1. The molecule has 0 fully saturated rings. The number of amides is 1. The van der Waals surface area contributed by atoms with Gasteiger partial charge >= 0.3 is 12.1 Å². The molecule has 0 bridgehead atoms. The molecule has 4 aromatic rings. The Hall–Kier alpha value is -5.39. The highest BCUT2D eigenvalue weighted by molar-refractivity contribution is 5.77. The number of carboxylic acid groups (broad SMARTS) is 1. The van der Waals surface area contributed by atoms with Crippen LogP contribution in [0.1, 0.15) is 16.7 Å². The molecule has 4 rings (SSSR count). The van der Waals surface area contributed by atoms with Gasteiger partial charge in [0.15, 0.2) is 0 Å².